The molecule has 1 aromatic carbocycles. The van der Waals surface area contributed by atoms with Gasteiger partial charge in [0.1, 0.15) is 6.61 Å². The molecule has 1 atom stereocenters. The van der Waals surface area contributed by atoms with Crippen LogP contribution in [0.1, 0.15) is 6.42 Å². The van der Waals surface area contributed by atoms with Crippen molar-refractivity contribution in [3.05, 3.63) is 34.4 Å². The first-order valence-corrected chi connectivity index (χ1v) is 5.93. The monoisotopic (exact) mass is 252 g/mol. The van der Waals surface area contributed by atoms with E-state index in [0.29, 0.717) is 25.4 Å². The van der Waals surface area contributed by atoms with Crippen molar-refractivity contribution in [1.29, 1.82) is 0 Å². The van der Waals surface area contributed by atoms with Gasteiger partial charge in [0.2, 0.25) is 0 Å². The molecule has 0 unspecified atom stereocenters. The number of aliphatic hydroxyl groups excluding tert-OH is 1. The SMILES string of the molecule is O=[N+]([O-])c1ccccc1OCCN1CC[C@@H](O)C1. The summed E-state index contributed by atoms with van der Waals surface area (Å²) in [6.07, 6.45) is 0.530. The molecule has 1 saturated heterocycles. The first-order chi connectivity index (χ1) is 8.66. The zero-order valence-corrected chi connectivity index (χ0v) is 9.99. The van der Waals surface area contributed by atoms with E-state index in [1.54, 1.807) is 18.2 Å². The molecule has 2 rings (SSSR count). The second-order valence-corrected chi connectivity index (χ2v) is 4.32. The molecule has 6 nitrogen and oxygen atoms in total. The van der Waals surface area contributed by atoms with Crippen molar-refractivity contribution >= 4 is 5.69 Å². The number of benzene rings is 1. The number of hydrogen-bond donors (Lipinski definition) is 1. The molecule has 1 fully saturated rings. The zero-order valence-electron chi connectivity index (χ0n) is 9.99. The largest absolute Gasteiger partial charge is 0.485 e. The molecule has 1 aliphatic rings. The molecule has 1 aliphatic heterocycles. The third-order valence-electron chi connectivity index (χ3n) is 2.97. The molecule has 1 N–H and O–H groups in total. The highest BCUT2D eigenvalue weighted by atomic mass is 16.6. The summed E-state index contributed by atoms with van der Waals surface area (Å²) in [5.41, 5.74) is -0.0149. The van der Waals surface area contributed by atoms with Crippen molar-refractivity contribution in [3.8, 4) is 5.75 Å². The highest BCUT2D eigenvalue weighted by molar-refractivity contribution is 5.45. The lowest BCUT2D eigenvalue weighted by molar-refractivity contribution is -0.385. The zero-order chi connectivity index (χ0) is 13.0. The molecule has 0 spiro atoms. The van der Waals surface area contributed by atoms with Gasteiger partial charge in [0, 0.05) is 25.7 Å². The van der Waals surface area contributed by atoms with Gasteiger partial charge in [-0.3, -0.25) is 15.0 Å². The number of nitrogens with zero attached hydrogens (tertiary/aromatic N) is 2. The fourth-order valence-corrected chi connectivity index (χ4v) is 2.03. The van der Waals surface area contributed by atoms with Gasteiger partial charge in [0.15, 0.2) is 5.75 Å². The Labute approximate surface area is 105 Å². The van der Waals surface area contributed by atoms with Crippen LogP contribution in [0.3, 0.4) is 0 Å². The smallest absolute Gasteiger partial charge is 0.310 e. The van der Waals surface area contributed by atoms with E-state index in [-0.39, 0.29) is 11.8 Å². The number of likely N-dealkylation sites (tertiary alicyclic amines) is 1. The lowest BCUT2D eigenvalue weighted by atomic mass is 10.3. The summed E-state index contributed by atoms with van der Waals surface area (Å²) in [7, 11) is 0. The Hall–Kier alpha value is -1.66. The van der Waals surface area contributed by atoms with Gasteiger partial charge in [-0.05, 0) is 12.5 Å². The summed E-state index contributed by atoms with van der Waals surface area (Å²) in [4.78, 5) is 12.4. The number of para-hydroxylation sites is 2. The number of hydrogen-bond acceptors (Lipinski definition) is 5. The molecule has 0 bridgehead atoms. The van der Waals surface area contributed by atoms with Crippen LogP contribution in [0.4, 0.5) is 5.69 Å². The van der Waals surface area contributed by atoms with Crippen LogP contribution in [0, 0.1) is 10.1 Å². The number of aliphatic hydroxyl groups is 1. The molecule has 0 amide bonds. The second-order valence-electron chi connectivity index (χ2n) is 4.32. The van der Waals surface area contributed by atoms with Crippen LogP contribution < -0.4 is 4.74 Å². The minimum Gasteiger partial charge on any atom is -0.485 e. The van der Waals surface area contributed by atoms with E-state index in [4.69, 9.17) is 4.74 Å². The van der Waals surface area contributed by atoms with Crippen molar-refractivity contribution in [3.63, 3.8) is 0 Å². The van der Waals surface area contributed by atoms with E-state index in [2.05, 4.69) is 4.90 Å². The van der Waals surface area contributed by atoms with Gasteiger partial charge in [-0.1, -0.05) is 12.1 Å². The molecule has 0 aromatic heterocycles. The lowest BCUT2D eigenvalue weighted by Crippen LogP contribution is -2.27. The topological polar surface area (TPSA) is 75.8 Å². The maximum atomic E-state index is 10.8. The summed E-state index contributed by atoms with van der Waals surface area (Å²) in [6.45, 7) is 2.56. The average Bonchev–Trinajstić information content (AvgIpc) is 2.75. The number of nitro benzene ring substituents is 1. The van der Waals surface area contributed by atoms with E-state index >= 15 is 0 Å². The Bertz CT molecular complexity index is 424. The van der Waals surface area contributed by atoms with Crippen molar-refractivity contribution in [2.24, 2.45) is 0 Å². The van der Waals surface area contributed by atoms with Gasteiger partial charge in [0.25, 0.3) is 0 Å². The normalized spacial score (nSPS) is 19.9. The van der Waals surface area contributed by atoms with Crippen LogP contribution in [0.5, 0.6) is 5.75 Å². The molecule has 18 heavy (non-hydrogen) atoms. The summed E-state index contributed by atoms with van der Waals surface area (Å²) in [5.74, 6) is 0.294. The Kier molecular flexibility index (Phi) is 4.11. The first kappa shape index (κ1) is 12.8. The van der Waals surface area contributed by atoms with Gasteiger partial charge >= 0.3 is 5.69 Å². The first-order valence-electron chi connectivity index (χ1n) is 5.93. The maximum absolute atomic E-state index is 10.8. The Balaban J connectivity index is 1.85. The van der Waals surface area contributed by atoms with E-state index in [1.807, 2.05) is 0 Å². The molecule has 0 aliphatic carbocycles. The minimum atomic E-state index is -0.449. The Morgan fingerprint density at radius 2 is 2.28 bits per heavy atom. The molecule has 0 radical (unpaired) electrons. The standard InChI is InChI=1S/C12H16N2O4/c15-10-5-6-13(9-10)7-8-18-12-4-2-1-3-11(12)14(16)17/h1-4,10,15H,5-9H2/t10-/m1/s1. The molecule has 0 saturated carbocycles. The molecule has 1 heterocycles. The van der Waals surface area contributed by atoms with Crippen LogP contribution in [0.15, 0.2) is 24.3 Å². The predicted octanol–water partition coefficient (Wildman–Crippen LogP) is 1.04. The van der Waals surface area contributed by atoms with Gasteiger partial charge in [-0.25, -0.2) is 0 Å². The Morgan fingerprint density at radius 1 is 1.50 bits per heavy atom. The minimum absolute atomic E-state index is 0.0149. The number of β-amino-alcohol motifs (C(OH)–C–C–N with tert-alkyl or cyclic N) is 1. The van der Waals surface area contributed by atoms with Gasteiger partial charge in [0.05, 0.1) is 11.0 Å². The highest BCUT2D eigenvalue weighted by Crippen LogP contribution is 2.25. The Morgan fingerprint density at radius 3 is 2.94 bits per heavy atom. The van der Waals surface area contributed by atoms with Crippen molar-refractivity contribution < 1.29 is 14.8 Å². The second kappa shape index (κ2) is 5.79. The lowest BCUT2D eigenvalue weighted by Gasteiger charge is -2.15. The number of nitro groups is 1. The maximum Gasteiger partial charge on any atom is 0.310 e. The highest BCUT2D eigenvalue weighted by Gasteiger charge is 2.20. The fraction of sp³-hybridized carbons (Fsp3) is 0.500. The molecule has 1 aromatic rings. The van der Waals surface area contributed by atoms with Gasteiger partial charge in [-0.15, -0.1) is 0 Å². The van der Waals surface area contributed by atoms with Crippen LogP contribution in [-0.4, -0.2) is 47.3 Å². The molecular weight excluding hydrogens is 236 g/mol. The summed E-state index contributed by atoms with van der Waals surface area (Å²) < 4.78 is 5.43. The number of rotatable bonds is 5. The summed E-state index contributed by atoms with van der Waals surface area (Å²) in [5, 5.41) is 20.1. The van der Waals surface area contributed by atoms with Crippen molar-refractivity contribution in [2.45, 2.75) is 12.5 Å². The quantitative estimate of drug-likeness (QED) is 0.626. The van der Waals surface area contributed by atoms with Crippen LogP contribution in [0.2, 0.25) is 0 Å². The van der Waals surface area contributed by atoms with Crippen LogP contribution in [0.25, 0.3) is 0 Å². The third-order valence-corrected chi connectivity index (χ3v) is 2.97. The average molecular weight is 252 g/mol. The van der Waals surface area contributed by atoms with E-state index < -0.39 is 4.92 Å². The molecule has 6 heteroatoms. The molecular formula is C12H16N2O4. The summed E-state index contributed by atoms with van der Waals surface area (Å²) >= 11 is 0. The van der Waals surface area contributed by atoms with Crippen molar-refractivity contribution in [1.82, 2.24) is 4.90 Å². The van der Waals surface area contributed by atoms with E-state index in [1.165, 1.54) is 6.07 Å². The van der Waals surface area contributed by atoms with Crippen molar-refractivity contribution in [2.75, 3.05) is 26.2 Å². The predicted molar refractivity (Wildman–Crippen MR) is 65.7 cm³/mol. The fourth-order valence-electron chi connectivity index (χ4n) is 2.03. The number of ether oxygens (including phenoxy) is 1. The van der Waals surface area contributed by atoms with E-state index in [0.717, 1.165) is 13.0 Å². The third kappa shape index (κ3) is 3.18. The van der Waals surface area contributed by atoms with Crippen LogP contribution >= 0.6 is 0 Å². The van der Waals surface area contributed by atoms with Gasteiger partial charge in [-0.2, -0.15) is 0 Å². The van der Waals surface area contributed by atoms with Crippen LogP contribution in [-0.2, 0) is 0 Å². The summed E-state index contributed by atoms with van der Waals surface area (Å²) in [6, 6.07) is 6.34. The van der Waals surface area contributed by atoms with Gasteiger partial charge < -0.3 is 9.84 Å². The van der Waals surface area contributed by atoms with E-state index in [9.17, 15) is 15.2 Å². The molecule has 98 valence electrons.